The van der Waals surface area contributed by atoms with E-state index in [1.807, 2.05) is 30.3 Å². The molecule has 0 heterocycles. The minimum atomic E-state index is -0.457. The van der Waals surface area contributed by atoms with E-state index in [1.165, 1.54) is 0 Å². The number of hydrogen-bond donors (Lipinski definition) is 2. The van der Waals surface area contributed by atoms with Gasteiger partial charge in [0.05, 0.1) is 6.04 Å². The summed E-state index contributed by atoms with van der Waals surface area (Å²) in [5.41, 5.74) is 7.01. The summed E-state index contributed by atoms with van der Waals surface area (Å²) >= 11 is 0. The fourth-order valence-corrected chi connectivity index (χ4v) is 1.91. The molecule has 0 aliphatic heterocycles. The number of carbonyl (C=O) groups is 1. The van der Waals surface area contributed by atoms with E-state index in [4.69, 9.17) is 5.73 Å². The second kappa shape index (κ2) is 7.88. The third-order valence-electron chi connectivity index (χ3n) is 3.35. The summed E-state index contributed by atoms with van der Waals surface area (Å²) in [6, 6.07) is 9.42. The Bertz CT molecular complexity index is 347. The molecule has 0 saturated heterocycles. The predicted molar refractivity (Wildman–Crippen MR) is 75.2 cm³/mol. The molecule has 0 fully saturated rings. The highest BCUT2D eigenvalue weighted by Gasteiger charge is 2.14. The van der Waals surface area contributed by atoms with Gasteiger partial charge in [-0.3, -0.25) is 4.79 Å². The third-order valence-corrected chi connectivity index (χ3v) is 3.35. The van der Waals surface area contributed by atoms with E-state index in [0.717, 1.165) is 24.9 Å². The monoisotopic (exact) mass is 248 g/mol. The second-order valence-electron chi connectivity index (χ2n) is 4.72. The summed E-state index contributed by atoms with van der Waals surface area (Å²) in [7, 11) is 0. The highest BCUT2D eigenvalue weighted by molar-refractivity contribution is 5.81. The van der Waals surface area contributed by atoms with Crippen molar-refractivity contribution in [1.29, 1.82) is 0 Å². The lowest BCUT2D eigenvalue weighted by Gasteiger charge is -2.16. The van der Waals surface area contributed by atoms with Gasteiger partial charge in [0.25, 0.3) is 0 Å². The van der Waals surface area contributed by atoms with E-state index in [9.17, 15) is 4.79 Å². The van der Waals surface area contributed by atoms with Crippen LogP contribution in [0.5, 0.6) is 0 Å². The Labute approximate surface area is 110 Å². The van der Waals surface area contributed by atoms with Crippen molar-refractivity contribution in [1.82, 2.24) is 5.32 Å². The summed E-state index contributed by atoms with van der Waals surface area (Å²) in [4.78, 5) is 11.8. The maximum atomic E-state index is 11.8. The number of nitrogens with one attached hydrogen (secondary N) is 1. The van der Waals surface area contributed by atoms with Crippen LogP contribution in [0.1, 0.15) is 32.3 Å². The van der Waals surface area contributed by atoms with E-state index in [2.05, 4.69) is 19.2 Å². The zero-order chi connectivity index (χ0) is 13.4. The fourth-order valence-electron chi connectivity index (χ4n) is 1.91. The SMILES string of the molecule is CCC(CC)CNC(=O)[C@@H](N)Cc1ccccc1. The minimum Gasteiger partial charge on any atom is -0.354 e. The van der Waals surface area contributed by atoms with Crippen molar-refractivity contribution >= 4 is 5.91 Å². The average Bonchev–Trinajstić information content (AvgIpc) is 2.40. The normalized spacial score (nSPS) is 12.4. The van der Waals surface area contributed by atoms with Crippen molar-refractivity contribution in [3.8, 4) is 0 Å². The number of hydrogen-bond acceptors (Lipinski definition) is 2. The molecule has 0 spiro atoms. The third kappa shape index (κ3) is 4.88. The summed E-state index contributed by atoms with van der Waals surface area (Å²) in [6.07, 6.45) is 2.77. The number of nitrogens with two attached hydrogens (primary N) is 1. The van der Waals surface area contributed by atoms with Gasteiger partial charge in [-0.2, -0.15) is 0 Å². The zero-order valence-corrected chi connectivity index (χ0v) is 11.4. The van der Waals surface area contributed by atoms with Gasteiger partial charge in [0.15, 0.2) is 0 Å². The van der Waals surface area contributed by atoms with E-state index in [0.29, 0.717) is 12.3 Å². The van der Waals surface area contributed by atoms with Gasteiger partial charge in [-0.05, 0) is 17.9 Å². The molecular weight excluding hydrogens is 224 g/mol. The lowest BCUT2D eigenvalue weighted by Crippen LogP contribution is -2.43. The van der Waals surface area contributed by atoms with Gasteiger partial charge in [-0.25, -0.2) is 0 Å². The van der Waals surface area contributed by atoms with Crippen LogP contribution in [0.4, 0.5) is 0 Å². The van der Waals surface area contributed by atoms with E-state index in [-0.39, 0.29) is 5.91 Å². The van der Waals surface area contributed by atoms with Gasteiger partial charge in [-0.1, -0.05) is 57.0 Å². The Kier molecular flexibility index (Phi) is 6.44. The van der Waals surface area contributed by atoms with Crippen LogP contribution in [0.3, 0.4) is 0 Å². The first kappa shape index (κ1) is 14.7. The Morgan fingerprint density at radius 3 is 2.39 bits per heavy atom. The molecule has 0 radical (unpaired) electrons. The minimum absolute atomic E-state index is 0.0502. The smallest absolute Gasteiger partial charge is 0.237 e. The molecule has 100 valence electrons. The van der Waals surface area contributed by atoms with Gasteiger partial charge in [-0.15, -0.1) is 0 Å². The number of rotatable bonds is 7. The Balaban J connectivity index is 2.37. The summed E-state index contributed by atoms with van der Waals surface area (Å²) in [5.74, 6) is 0.503. The van der Waals surface area contributed by atoms with Crippen LogP contribution in [0.25, 0.3) is 0 Å². The maximum absolute atomic E-state index is 11.8. The molecule has 3 heteroatoms. The molecule has 3 N–H and O–H groups in total. The Morgan fingerprint density at radius 2 is 1.83 bits per heavy atom. The molecule has 0 aliphatic carbocycles. The maximum Gasteiger partial charge on any atom is 0.237 e. The molecule has 0 aromatic heterocycles. The zero-order valence-electron chi connectivity index (χ0n) is 11.4. The summed E-state index contributed by atoms with van der Waals surface area (Å²) < 4.78 is 0. The Hall–Kier alpha value is -1.35. The van der Waals surface area contributed by atoms with Crippen molar-refractivity contribution < 1.29 is 4.79 Å². The second-order valence-corrected chi connectivity index (χ2v) is 4.72. The van der Waals surface area contributed by atoms with Gasteiger partial charge < -0.3 is 11.1 Å². The number of benzene rings is 1. The molecule has 1 aromatic rings. The van der Waals surface area contributed by atoms with Crippen molar-refractivity contribution in [3.63, 3.8) is 0 Å². The van der Waals surface area contributed by atoms with Gasteiger partial charge in [0.2, 0.25) is 5.91 Å². The highest BCUT2D eigenvalue weighted by Crippen LogP contribution is 2.06. The van der Waals surface area contributed by atoms with Crippen LogP contribution < -0.4 is 11.1 Å². The van der Waals surface area contributed by atoms with Gasteiger partial charge in [0, 0.05) is 6.54 Å². The fraction of sp³-hybridized carbons (Fsp3) is 0.533. The quantitative estimate of drug-likeness (QED) is 0.776. The van der Waals surface area contributed by atoms with Crippen LogP contribution in [0, 0.1) is 5.92 Å². The first-order valence-electron chi connectivity index (χ1n) is 6.74. The van der Waals surface area contributed by atoms with Crippen LogP contribution >= 0.6 is 0 Å². The van der Waals surface area contributed by atoms with Crippen LogP contribution in [-0.4, -0.2) is 18.5 Å². The van der Waals surface area contributed by atoms with Gasteiger partial charge >= 0.3 is 0 Å². The van der Waals surface area contributed by atoms with Crippen molar-refractivity contribution in [2.24, 2.45) is 11.7 Å². The van der Waals surface area contributed by atoms with Crippen molar-refractivity contribution in [3.05, 3.63) is 35.9 Å². The lowest BCUT2D eigenvalue weighted by molar-refractivity contribution is -0.122. The molecule has 1 amide bonds. The first-order chi connectivity index (χ1) is 8.67. The molecule has 1 atom stereocenters. The molecule has 18 heavy (non-hydrogen) atoms. The highest BCUT2D eigenvalue weighted by atomic mass is 16.2. The van der Waals surface area contributed by atoms with Crippen molar-refractivity contribution in [2.45, 2.75) is 39.2 Å². The van der Waals surface area contributed by atoms with E-state index >= 15 is 0 Å². The van der Waals surface area contributed by atoms with E-state index in [1.54, 1.807) is 0 Å². The molecule has 1 aromatic carbocycles. The van der Waals surface area contributed by atoms with Crippen LogP contribution in [0.15, 0.2) is 30.3 Å². The molecule has 0 bridgehead atoms. The number of amides is 1. The van der Waals surface area contributed by atoms with Crippen LogP contribution in [-0.2, 0) is 11.2 Å². The largest absolute Gasteiger partial charge is 0.354 e. The molecule has 1 rings (SSSR count). The van der Waals surface area contributed by atoms with E-state index < -0.39 is 6.04 Å². The first-order valence-corrected chi connectivity index (χ1v) is 6.74. The molecule has 0 saturated carbocycles. The number of carbonyl (C=O) groups excluding carboxylic acids is 1. The molecule has 3 nitrogen and oxygen atoms in total. The van der Waals surface area contributed by atoms with Crippen LogP contribution in [0.2, 0.25) is 0 Å². The Morgan fingerprint density at radius 1 is 1.22 bits per heavy atom. The summed E-state index contributed by atoms with van der Waals surface area (Å²) in [5, 5.41) is 2.94. The average molecular weight is 248 g/mol. The van der Waals surface area contributed by atoms with Crippen molar-refractivity contribution in [2.75, 3.05) is 6.54 Å². The predicted octanol–water partition coefficient (Wildman–Crippen LogP) is 2.11. The standard InChI is InChI=1S/C15H24N2O/c1-3-12(4-2)11-17-15(18)14(16)10-13-8-6-5-7-9-13/h5-9,12,14H,3-4,10-11,16H2,1-2H3,(H,17,18)/t14-/m0/s1. The molecular formula is C15H24N2O. The molecule has 0 unspecified atom stereocenters. The van der Waals surface area contributed by atoms with Gasteiger partial charge in [0.1, 0.15) is 0 Å². The lowest BCUT2D eigenvalue weighted by atomic mass is 10.0. The molecule has 0 aliphatic rings. The summed E-state index contributed by atoms with van der Waals surface area (Å²) in [6.45, 7) is 5.02. The topological polar surface area (TPSA) is 55.1 Å².